The second-order valence-corrected chi connectivity index (χ2v) is 2.44. The van der Waals surface area contributed by atoms with Gasteiger partial charge in [-0.2, -0.15) is 0 Å². The van der Waals surface area contributed by atoms with Gasteiger partial charge in [-0.25, -0.2) is 0 Å². The quantitative estimate of drug-likeness (QED) is 0.612. The van der Waals surface area contributed by atoms with Crippen LogP contribution in [-0.2, 0) is 4.79 Å². The van der Waals surface area contributed by atoms with Crippen LogP contribution < -0.4 is 5.32 Å². The van der Waals surface area contributed by atoms with Crippen molar-refractivity contribution in [3.05, 3.63) is 23.4 Å². The summed E-state index contributed by atoms with van der Waals surface area (Å²) >= 11 is 5.43. The van der Waals surface area contributed by atoms with Crippen molar-refractivity contribution in [1.29, 1.82) is 0 Å². The first-order valence-corrected chi connectivity index (χ1v) is 3.20. The zero-order chi connectivity index (χ0) is 8.15. The fraction of sp³-hybridized carbons (Fsp3) is 0.286. The molecule has 0 aromatic rings. The van der Waals surface area contributed by atoms with E-state index in [2.05, 4.69) is 11.9 Å². The second-order valence-electron chi connectivity index (χ2n) is 1.96. The number of carbonyl (C=O) groups is 1. The Hall–Kier alpha value is -0.760. The van der Waals surface area contributed by atoms with Gasteiger partial charge < -0.3 is 5.32 Å². The molecule has 0 aromatic carbocycles. The molecule has 10 heavy (non-hydrogen) atoms. The molecule has 1 amide bonds. The Morgan fingerprint density at radius 3 is 2.40 bits per heavy atom. The van der Waals surface area contributed by atoms with Crippen LogP contribution in [0.4, 0.5) is 0 Å². The van der Waals surface area contributed by atoms with Crippen molar-refractivity contribution in [3.8, 4) is 0 Å². The molecule has 0 aliphatic heterocycles. The highest BCUT2D eigenvalue weighted by molar-refractivity contribution is 6.30. The van der Waals surface area contributed by atoms with E-state index in [-0.39, 0.29) is 5.91 Å². The average molecular weight is 160 g/mol. The first-order chi connectivity index (χ1) is 4.52. The molecule has 0 saturated heterocycles. The van der Waals surface area contributed by atoms with Crippen LogP contribution in [0.2, 0.25) is 0 Å². The number of rotatable bonds is 2. The fourth-order valence-corrected chi connectivity index (χ4v) is 0.712. The van der Waals surface area contributed by atoms with Gasteiger partial charge in [-0.15, -0.1) is 0 Å². The van der Waals surface area contributed by atoms with E-state index in [4.69, 9.17) is 11.6 Å². The molecule has 0 aromatic heterocycles. The highest BCUT2D eigenvalue weighted by Crippen LogP contribution is 2.00. The molecule has 0 rings (SSSR count). The average Bonchev–Trinajstić information content (AvgIpc) is 1.58. The Balaban J connectivity index is 3.95. The third-order valence-electron chi connectivity index (χ3n) is 0.746. The third-order valence-corrected chi connectivity index (χ3v) is 0.855. The molecule has 0 fully saturated rings. The molecule has 0 bridgehead atoms. The van der Waals surface area contributed by atoms with Gasteiger partial charge in [-0.05, 0) is 13.0 Å². The van der Waals surface area contributed by atoms with Gasteiger partial charge >= 0.3 is 0 Å². The molecular weight excluding hydrogens is 150 g/mol. The van der Waals surface area contributed by atoms with Crippen molar-refractivity contribution in [2.75, 3.05) is 0 Å². The van der Waals surface area contributed by atoms with E-state index >= 15 is 0 Å². The minimum atomic E-state index is -0.105. The molecule has 3 heteroatoms. The molecule has 0 saturated carbocycles. The lowest BCUT2D eigenvalue weighted by molar-refractivity contribution is -0.118. The first kappa shape index (κ1) is 9.24. The highest BCUT2D eigenvalue weighted by Gasteiger charge is 1.91. The number of allylic oxidation sites excluding steroid dienone is 3. The van der Waals surface area contributed by atoms with Gasteiger partial charge in [0.15, 0.2) is 0 Å². The summed E-state index contributed by atoms with van der Waals surface area (Å²) in [5.74, 6) is -0.105. The Morgan fingerprint density at radius 1 is 1.60 bits per heavy atom. The molecule has 0 atom stereocenters. The summed E-state index contributed by atoms with van der Waals surface area (Å²) in [4.78, 5) is 10.4. The topological polar surface area (TPSA) is 29.1 Å². The van der Waals surface area contributed by atoms with E-state index in [9.17, 15) is 4.79 Å². The number of halogens is 1. The van der Waals surface area contributed by atoms with E-state index in [1.54, 1.807) is 13.0 Å². The summed E-state index contributed by atoms with van der Waals surface area (Å²) in [5.41, 5.74) is 0.701. The minimum Gasteiger partial charge on any atom is -0.330 e. The standard InChI is InChI=1S/C7H10ClNO/c1-5(8)4-6(2)9-7(3)10/h4H,1H2,2-3H3,(H,9,10). The summed E-state index contributed by atoms with van der Waals surface area (Å²) in [5, 5.41) is 2.96. The Morgan fingerprint density at radius 2 is 2.10 bits per heavy atom. The van der Waals surface area contributed by atoms with Crippen molar-refractivity contribution in [1.82, 2.24) is 5.32 Å². The molecule has 0 radical (unpaired) electrons. The molecule has 56 valence electrons. The number of hydrogen-bond acceptors (Lipinski definition) is 1. The summed E-state index contributed by atoms with van der Waals surface area (Å²) in [7, 11) is 0. The summed E-state index contributed by atoms with van der Waals surface area (Å²) < 4.78 is 0. The Kier molecular flexibility index (Phi) is 3.81. The molecule has 0 spiro atoms. The SMILES string of the molecule is C=C(Cl)C=C(C)NC(C)=O. The summed E-state index contributed by atoms with van der Waals surface area (Å²) in [6.07, 6.45) is 1.59. The van der Waals surface area contributed by atoms with Crippen molar-refractivity contribution >= 4 is 17.5 Å². The zero-order valence-corrected chi connectivity index (χ0v) is 6.83. The van der Waals surface area contributed by atoms with Gasteiger partial charge in [-0.1, -0.05) is 18.2 Å². The van der Waals surface area contributed by atoms with E-state index in [1.807, 2.05) is 0 Å². The molecule has 0 heterocycles. The largest absolute Gasteiger partial charge is 0.330 e. The van der Waals surface area contributed by atoms with Crippen LogP contribution in [0.15, 0.2) is 23.4 Å². The number of hydrogen-bond donors (Lipinski definition) is 1. The van der Waals surface area contributed by atoms with Crippen molar-refractivity contribution in [3.63, 3.8) is 0 Å². The van der Waals surface area contributed by atoms with Crippen LogP contribution in [0.3, 0.4) is 0 Å². The minimum absolute atomic E-state index is 0.105. The number of amides is 1. The lowest BCUT2D eigenvalue weighted by Crippen LogP contribution is -2.16. The van der Waals surface area contributed by atoms with Crippen LogP contribution in [0.25, 0.3) is 0 Å². The first-order valence-electron chi connectivity index (χ1n) is 2.82. The molecule has 2 nitrogen and oxygen atoms in total. The normalized spacial score (nSPS) is 10.9. The Bertz CT molecular complexity index is 184. The van der Waals surface area contributed by atoms with Crippen molar-refractivity contribution < 1.29 is 4.79 Å². The van der Waals surface area contributed by atoms with E-state index in [1.165, 1.54) is 6.92 Å². The van der Waals surface area contributed by atoms with Crippen LogP contribution in [0, 0.1) is 0 Å². The molecule has 0 aliphatic rings. The van der Waals surface area contributed by atoms with Crippen molar-refractivity contribution in [2.24, 2.45) is 0 Å². The van der Waals surface area contributed by atoms with Gasteiger partial charge in [0.1, 0.15) is 0 Å². The molecule has 1 N–H and O–H groups in total. The third kappa shape index (κ3) is 5.38. The summed E-state index contributed by atoms with van der Waals surface area (Å²) in [6.45, 7) is 6.62. The highest BCUT2D eigenvalue weighted by atomic mass is 35.5. The van der Waals surface area contributed by atoms with Gasteiger partial charge in [0.2, 0.25) is 5.91 Å². The van der Waals surface area contributed by atoms with Gasteiger partial charge in [-0.3, -0.25) is 4.79 Å². The maximum Gasteiger partial charge on any atom is 0.220 e. The predicted molar refractivity (Wildman–Crippen MR) is 42.6 cm³/mol. The van der Waals surface area contributed by atoms with Crippen LogP contribution >= 0.6 is 11.6 Å². The lowest BCUT2D eigenvalue weighted by atomic mass is 10.4. The van der Waals surface area contributed by atoms with Gasteiger partial charge in [0, 0.05) is 17.7 Å². The van der Waals surface area contributed by atoms with Crippen LogP contribution in [-0.4, -0.2) is 5.91 Å². The molecular formula is C7H10ClNO. The van der Waals surface area contributed by atoms with E-state index < -0.39 is 0 Å². The van der Waals surface area contributed by atoms with Crippen LogP contribution in [0.5, 0.6) is 0 Å². The van der Waals surface area contributed by atoms with E-state index in [0.717, 1.165) is 0 Å². The van der Waals surface area contributed by atoms with Gasteiger partial charge in [0.25, 0.3) is 0 Å². The van der Waals surface area contributed by atoms with Gasteiger partial charge in [0.05, 0.1) is 0 Å². The monoisotopic (exact) mass is 159 g/mol. The summed E-state index contributed by atoms with van der Waals surface area (Å²) in [6, 6.07) is 0. The fourth-order valence-electron chi connectivity index (χ4n) is 0.549. The second kappa shape index (κ2) is 4.12. The number of nitrogens with one attached hydrogen (secondary N) is 1. The predicted octanol–water partition coefficient (Wildman–Crippen LogP) is 1.78. The molecule has 0 unspecified atom stereocenters. The van der Waals surface area contributed by atoms with E-state index in [0.29, 0.717) is 10.7 Å². The zero-order valence-electron chi connectivity index (χ0n) is 6.07. The molecule has 0 aliphatic carbocycles. The van der Waals surface area contributed by atoms with Crippen molar-refractivity contribution in [2.45, 2.75) is 13.8 Å². The van der Waals surface area contributed by atoms with Crippen LogP contribution in [0.1, 0.15) is 13.8 Å². The lowest BCUT2D eigenvalue weighted by Gasteiger charge is -1.98. The number of carbonyl (C=O) groups excluding carboxylic acids is 1. The smallest absolute Gasteiger partial charge is 0.220 e. The maximum absolute atomic E-state index is 10.4. The maximum atomic E-state index is 10.4. The Labute approximate surface area is 65.6 Å².